The molecule has 2 aromatic carbocycles. The Morgan fingerprint density at radius 2 is 1.43 bits per heavy atom. The molecule has 1 aromatic heterocycles. The van der Waals surface area contributed by atoms with Gasteiger partial charge in [0, 0.05) is 5.56 Å². The number of nitrogens with zero attached hydrogens (tertiary/aromatic N) is 2. The minimum atomic E-state index is -4.81. The van der Waals surface area contributed by atoms with Crippen molar-refractivity contribution in [2.45, 2.75) is 12.3 Å². The molecule has 0 unspecified atom stereocenters. The summed E-state index contributed by atoms with van der Waals surface area (Å²) in [4.78, 5) is 11.0. The van der Waals surface area contributed by atoms with Crippen LogP contribution in [0.1, 0.15) is 21.7 Å². The van der Waals surface area contributed by atoms with Crippen molar-refractivity contribution in [1.29, 1.82) is 0 Å². The van der Waals surface area contributed by atoms with Crippen molar-refractivity contribution in [3.05, 3.63) is 65.5 Å². The molecule has 11 heteroatoms. The number of carboxylic acid groups (broad SMARTS) is 1. The molecule has 0 bridgehead atoms. The quantitative estimate of drug-likeness (QED) is 0.628. The number of benzene rings is 2. The highest BCUT2D eigenvalue weighted by Crippen LogP contribution is 2.36. The van der Waals surface area contributed by atoms with Crippen LogP contribution in [-0.2, 0) is 5.92 Å². The van der Waals surface area contributed by atoms with Gasteiger partial charge in [-0.25, -0.2) is 4.79 Å². The molecular weight excluding hydrogens is 389 g/mol. The van der Waals surface area contributed by atoms with Crippen LogP contribution < -0.4 is 4.74 Å². The smallest absolute Gasteiger partial charge is 0.476 e. The Balaban J connectivity index is 1.85. The monoisotopic (exact) mass is 399 g/mol. The summed E-state index contributed by atoms with van der Waals surface area (Å²) in [5.41, 5.74) is -1.52. The van der Waals surface area contributed by atoms with Crippen LogP contribution in [0, 0.1) is 0 Å². The van der Waals surface area contributed by atoms with Gasteiger partial charge in [0.2, 0.25) is 0 Å². The number of rotatable bonds is 5. The van der Waals surface area contributed by atoms with Crippen LogP contribution in [0.25, 0.3) is 11.1 Å². The van der Waals surface area contributed by atoms with Crippen molar-refractivity contribution in [2.75, 3.05) is 0 Å². The summed E-state index contributed by atoms with van der Waals surface area (Å²) in [5.74, 6) is -5.78. The van der Waals surface area contributed by atoms with Gasteiger partial charge in [0.25, 0.3) is 0 Å². The Morgan fingerprint density at radius 3 is 1.93 bits per heavy atom. The topological polar surface area (TPSA) is 88.1 Å². The van der Waals surface area contributed by atoms with Crippen molar-refractivity contribution in [3.63, 3.8) is 0 Å². The number of hydrogen-bond donors (Lipinski definition) is 2. The van der Waals surface area contributed by atoms with Gasteiger partial charge in [-0.05, 0) is 23.3 Å². The van der Waals surface area contributed by atoms with E-state index in [0.717, 1.165) is 24.3 Å². The van der Waals surface area contributed by atoms with E-state index in [9.17, 15) is 26.7 Å². The van der Waals surface area contributed by atoms with Gasteiger partial charge < -0.3 is 9.84 Å². The van der Waals surface area contributed by atoms with Crippen LogP contribution in [-0.4, -0.2) is 32.8 Å². The predicted octanol–water partition coefficient (Wildman–Crippen LogP) is 4.21. The first kappa shape index (κ1) is 19.3. The Morgan fingerprint density at radius 1 is 0.893 bits per heavy atom. The van der Waals surface area contributed by atoms with Gasteiger partial charge in [0.1, 0.15) is 5.75 Å². The van der Waals surface area contributed by atoms with Crippen molar-refractivity contribution >= 4 is 5.97 Å². The highest BCUT2D eigenvalue weighted by atomic mass is 19.4. The molecule has 0 fully saturated rings. The first-order chi connectivity index (χ1) is 13.1. The SMILES string of the molecule is O=C(O)c1n[nH]nc1C(F)(F)c1ccc(-c2ccc(OC(F)(F)F)cc2)cc1. The summed E-state index contributed by atoms with van der Waals surface area (Å²) in [6.45, 7) is 0. The number of aromatic carboxylic acids is 1. The standard InChI is InChI=1S/C17H10F5N3O3/c18-16(19,14-13(15(26)27)23-25-24-14)11-5-1-9(2-6-11)10-3-7-12(8-4-10)28-17(20,21)22/h1-8H,(H,26,27)(H,23,24,25). The number of carboxylic acids is 1. The molecule has 3 rings (SSSR count). The van der Waals surface area contributed by atoms with Gasteiger partial charge in [0.15, 0.2) is 11.4 Å². The maximum Gasteiger partial charge on any atom is 0.573 e. The highest BCUT2D eigenvalue weighted by molar-refractivity contribution is 5.86. The minimum Gasteiger partial charge on any atom is -0.476 e. The number of nitrogens with one attached hydrogen (secondary N) is 1. The van der Waals surface area contributed by atoms with Gasteiger partial charge in [-0.2, -0.15) is 19.1 Å². The number of alkyl halides is 5. The maximum absolute atomic E-state index is 14.6. The van der Waals surface area contributed by atoms with E-state index in [1.165, 1.54) is 24.3 Å². The zero-order valence-corrected chi connectivity index (χ0v) is 13.7. The van der Waals surface area contributed by atoms with Gasteiger partial charge in [-0.1, -0.05) is 36.4 Å². The van der Waals surface area contributed by atoms with Crippen LogP contribution in [0.15, 0.2) is 48.5 Å². The third kappa shape index (κ3) is 3.92. The molecule has 146 valence electrons. The normalized spacial score (nSPS) is 12.0. The molecular formula is C17H10F5N3O3. The van der Waals surface area contributed by atoms with Crippen molar-refractivity contribution in [1.82, 2.24) is 15.4 Å². The third-order valence-corrected chi connectivity index (χ3v) is 3.72. The summed E-state index contributed by atoms with van der Waals surface area (Å²) in [7, 11) is 0. The zero-order valence-electron chi connectivity index (χ0n) is 13.7. The molecule has 0 amide bonds. The number of aromatic nitrogens is 3. The number of ether oxygens (including phenoxy) is 1. The van der Waals surface area contributed by atoms with E-state index in [0.29, 0.717) is 11.1 Å². The van der Waals surface area contributed by atoms with E-state index in [-0.39, 0.29) is 0 Å². The van der Waals surface area contributed by atoms with Crippen molar-refractivity contribution < 1.29 is 36.6 Å². The summed E-state index contributed by atoms with van der Waals surface area (Å²) in [6.07, 6.45) is -4.81. The second-order valence-corrected chi connectivity index (χ2v) is 5.55. The highest BCUT2D eigenvalue weighted by Gasteiger charge is 2.41. The van der Waals surface area contributed by atoms with Gasteiger partial charge in [-0.3, -0.25) is 0 Å². The molecule has 3 aromatic rings. The predicted molar refractivity (Wildman–Crippen MR) is 84.9 cm³/mol. The molecule has 6 nitrogen and oxygen atoms in total. The van der Waals surface area contributed by atoms with Gasteiger partial charge in [0.05, 0.1) is 0 Å². The second kappa shape index (κ2) is 6.91. The van der Waals surface area contributed by atoms with Crippen LogP contribution in [0.4, 0.5) is 22.0 Å². The van der Waals surface area contributed by atoms with Crippen LogP contribution in [0.3, 0.4) is 0 Å². The molecule has 28 heavy (non-hydrogen) atoms. The van der Waals surface area contributed by atoms with Crippen LogP contribution in [0.5, 0.6) is 5.75 Å². The lowest BCUT2D eigenvalue weighted by Crippen LogP contribution is -2.19. The average Bonchev–Trinajstić information content (AvgIpc) is 3.12. The molecule has 0 spiro atoms. The fourth-order valence-corrected chi connectivity index (χ4v) is 2.46. The average molecular weight is 399 g/mol. The van der Waals surface area contributed by atoms with E-state index in [4.69, 9.17) is 5.11 Å². The van der Waals surface area contributed by atoms with E-state index >= 15 is 0 Å². The molecule has 1 heterocycles. The first-order valence-corrected chi connectivity index (χ1v) is 7.57. The van der Waals surface area contributed by atoms with Gasteiger partial charge in [-0.15, -0.1) is 18.3 Å². The Kier molecular flexibility index (Phi) is 4.75. The van der Waals surface area contributed by atoms with Crippen molar-refractivity contribution in [2.24, 2.45) is 0 Å². The van der Waals surface area contributed by atoms with Crippen LogP contribution >= 0.6 is 0 Å². The summed E-state index contributed by atoms with van der Waals surface area (Å²) in [6, 6.07) is 9.65. The van der Waals surface area contributed by atoms with E-state index in [1.807, 2.05) is 5.21 Å². The molecule has 0 saturated carbocycles. The molecule has 0 aliphatic rings. The van der Waals surface area contributed by atoms with E-state index in [1.54, 1.807) is 0 Å². The number of halogens is 5. The Labute approximate surface area is 153 Å². The lowest BCUT2D eigenvalue weighted by atomic mass is 9.99. The number of aromatic amines is 1. The second-order valence-electron chi connectivity index (χ2n) is 5.55. The number of H-pyrrole nitrogens is 1. The molecule has 0 aliphatic heterocycles. The van der Waals surface area contributed by atoms with E-state index < -0.39 is 41.0 Å². The molecule has 2 N–H and O–H groups in total. The summed E-state index contributed by atoms with van der Waals surface area (Å²) < 4.78 is 69.4. The Bertz CT molecular complexity index is 983. The van der Waals surface area contributed by atoms with Crippen molar-refractivity contribution in [3.8, 4) is 16.9 Å². The molecule has 0 atom stereocenters. The minimum absolute atomic E-state index is 0.411. The number of hydrogen-bond acceptors (Lipinski definition) is 4. The third-order valence-electron chi connectivity index (χ3n) is 3.72. The molecule has 0 aliphatic carbocycles. The van der Waals surface area contributed by atoms with Crippen LogP contribution in [0.2, 0.25) is 0 Å². The molecule has 0 radical (unpaired) electrons. The molecule has 0 saturated heterocycles. The zero-order chi connectivity index (χ0) is 20.5. The summed E-state index contributed by atoms with van der Waals surface area (Å²) >= 11 is 0. The lowest BCUT2D eigenvalue weighted by Gasteiger charge is -2.15. The largest absolute Gasteiger partial charge is 0.573 e. The lowest BCUT2D eigenvalue weighted by molar-refractivity contribution is -0.274. The Hall–Kier alpha value is -3.50. The fourth-order valence-electron chi connectivity index (χ4n) is 2.46. The number of carbonyl (C=O) groups is 1. The summed E-state index contributed by atoms with van der Waals surface area (Å²) in [5, 5.41) is 17.2. The maximum atomic E-state index is 14.6. The fraction of sp³-hybridized carbons (Fsp3) is 0.118. The first-order valence-electron chi connectivity index (χ1n) is 7.57. The van der Waals surface area contributed by atoms with Gasteiger partial charge >= 0.3 is 18.3 Å². The van der Waals surface area contributed by atoms with E-state index in [2.05, 4.69) is 14.9 Å².